The normalized spacial score (nSPS) is 11.0. The Balaban J connectivity index is 2.03. The van der Waals surface area contributed by atoms with Crippen LogP contribution < -0.4 is 0 Å². The molecule has 3 aromatic rings. The first-order chi connectivity index (χ1) is 8.74. The second-order valence-electron chi connectivity index (χ2n) is 3.84. The third kappa shape index (κ3) is 2.20. The lowest BCUT2D eigenvalue weighted by atomic mass is 10.2. The Morgan fingerprint density at radius 2 is 2.11 bits per heavy atom. The minimum Gasteiger partial charge on any atom is -0.311 e. The lowest BCUT2D eigenvalue weighted by Crippen LogP contribution is -1.99. The van der Waals surface area contributed by atoms with Crippen LogP contribution >= 0.6 is 34.2 Å². The van der Waals surface area contributed by atoms with Gasteiger partial charge >= 0.3 is 0 Å². The topological polar surface area (TPSA) is 43.6 Å². The van der Waals surface area contributed by atoms with Gasteiger partial charge in [0, 0.05) is 3.57 Å². The summed E-state index contributed by atoms with van der Waals surface area (Å²) in [6, 6.07) is 8.32. The van der Waals surface area contributed by atoms with Crippen LogP contribution in [0.3, 0.4) is 0 Å². The van der Waals surface area contributed by atoms with Crippen LogP contribution in [-0.4, -0.2) is 19.5 Å². The molecule has 2 heterocycles. The Kier molecular flexibility index (Phi) is 3.17. The molecule has 0 unspecified atom stereocenters. The molecule has 3 rings (SSSR count). The van der Waals surface area contributed by atoms with Crippen molar-refractivity contribution in [3.63, 3.8) is 0 Å². The summed E-state index contributed by atoms with van der Waals surface area (Å²) >= 11 is 8.27. The van der Waals surface area contributed by atoms with E-state index < -0.39 is 0 Å². The Bertz CT molecular complexity index is 710. The number of rotatable bonds is 2. The molecular formula is C12H8ClIN4. The molecule has 1 aromatic carbocycles. The van der Waals surface area contributed by atoms with E-state index in [4.69, 9.17) is 11.6 Å². The highest BCUT2D eigenvalue weighted by molar-refractivity contribution is 14.1. The molecule has 2 aromatic heterocycles. The van der Waals surface area contributed by atoms with Crippen molar-refractivity contribution in [3.05, 3.63) is 51.2 Å². The number of aromatic nitrogens is 4. The van der Waals surface area contributed by atoms with Crippen molar-refractivity contribution in [1.29, 1.82) is 0 Å². The van der Waals surface area contributed by atoms with Crippen molar-refractivity contribution in [2.75, 3.05) is 0 Å². The minimum absolute atomic E-state index is 0.390. The van der Waals surface area contributed by atoms with E-state index in [1.165, 1.54) is 15.5 Å². The van der Waals surface area contributed by atoms with Crippen molar-refractivity contribution >= 4 is 45.4 Å². The molecule has 0 fully saturated rings. The summed E-state index contributed by atoms with van der Waals surface area (Å²) in [6.45, 7) is 0.723. The molecule has 0 aliphatic carbocycles. The largest absolute Gasteiger partial charge is 0.311 e. The van der Waals surface area contributed by atoms with E-state index in [0.717, 1.165) is 12.2 Å². The molecule has 0 saturated heterocycles. The molecule has 0 atom stereocenters. The van der Waals surface area contributed by atoms with Crippen molar-refractivity contribution in [3.8, 4) is 0 Å². The van der Waals surface area contributed by atoms with Gasteiger partial charge in [-0.05, 0) is 40.3 Å². The predicted octanol–water partition coefficient (Wildman–Crippen LogP) is 3.13. The van der Waals surface area contributed by atoms with Gasteiger partial charge in [0.25, 0.3) is 0 Å². The Hall–Kier alpha value is -1.21. The van der Waals surface area contributed by atoms with E-state index in [0.29, 0.717) is 10.7 Å². The number of nitrogens with zero attached hydrogens (tertiary/aromatic N) is 4. The van der Waals surface area contributed by atoms with Crippen LogP contribution in [0.5, 0.6) is 0 Å². The van der Waals surface area contributed by atoms with Crippen LogP contribution in [0.2, 0.25) is 5.15 Å². The van der Waals surface area contributed by atoms with Crippen molar-refractivity contribution in [1.82, 2.24) is 19.5 Å². The van der Waals surface area contributed by atoms with Crippen molar-refractivity contribution < 1.29 is 0 Å². The van der Waals surface area contributed by atoms with Crippen LogP contribution in [0.25, 0.3) is 11.2 Å². The second-order valence-corrected chi connectivity index (χ2v) is 5.44. The maximum atomic E-state index is 5.97. The molecule has 4 nitrogen and oxygen atoms in total. The zero-order chi connectivity index (χ0) is 12.5. The molecule has 0 aliphatic heterocycles. The third-order valence-corrected chi connectivity index (χ3v) is 3.55. The first-order valence-corrected chi connectivity index (χ1v) is 6.75. The smallest absolute Gasteiger partial charge is 0.165 e. The predicted molar refractivity (Wildman–Crippen MR) is 78.6 cm³/mol. The second kappa shape index (κ2) is 4.81. The molecular weight excluding hydrogens is 363 g/mol. The average molecular weight is 371 g/mol. The zero-order valence-electron chi connectivity index (χ0n) is 9.22. The van der Waals surface area contributed by atoms with Gasteiger partial charge in [0.1, 0.15) is 11.8 Å². The summed E-state index contributed by atoms with van der Waals surface area (Å²) in [7, 11) is 0. The summed E-state index contributed by atoms with van der Waals surface area (Å²) in [5.74, 6) is 0. The lowest BCUT2D eigenvalue weighted by Gasteiger charge is -2.04. The minimum atomic E-state index is 0.390. The van der Waals surface area contributed by atoms with E-state index in [-0.39, 0.29) is 0 Å². The van der Waals surface area contributed by atoms with Gasteiger partial charge in [0.2, 0.25) is 0 Å². The molecule has 0 bridgehead atoms. The van der Waals surface area contributed by atoms with Gasteiger partial charge in [-0.2, -0.15) is 0 Å². The monoisotopic (exact) mass is 370 g/mol. The van der Waals surface area contributed by atoms with Crippen molar-refractivity contribution in [2.24, 2.45) is 0 Å². The van der Waals surface area contributed by atoms with Gasteiger partial charge in [0.05, 0.1) is 12.9 Å². The third-order valence-electron chi connectivity index (χ3n) is 2.60. The van der Waals surface area contributed by atoms with Crippen LogP contribution in [0.4, 0.5) is 0 Å². The first-order valence-electron chi connectivity index (χ1n) is 5.30. The fourth-order valence-electron chi connectivity index (χ4n) is 1.80. The van der Waals surface area contributed by atoms with E-state index >= 15 is 0 Å². The molecule has 0 radical (unpaired) electrons. The van der Waals surface area contributed by atoms with Crippen LogP contribution in [0.1, 0.15) is 5.56 Å². The van der Waals surface area contributed by atoms with Gasteiger partial charge in [-0.25, -0.2) is 15.0 Å². The van der Waals surface area contributed by atoms with Gasteiger partial charge in [0.15, 0.2) is 10.8 Å². The summed E-state index contributed by atoms with van der Waals surface area (Å²) in [5, 5.41) is 0.390. The van der Waals surface area contributed by atoms with Crippen LogP contribution in [0, 0.1) is 3.57 Å². The molecule has 0 saturated carbocycles. The van der Waals surface area contributed by atoms with E-state index in [1.807, 2.05) is 10.6 Å². The molecule has 6 heteroatoms. The number of hydrogen-bond donors (Lipinski definition) is 0. The highest BCUT2D eigenvalue weighted by Crippen LogP contribution is 2.18. The molecule has 18 heavy (non-hydrogen) atoms. The summed E-state index contributed by atoms with van der Waals surface area (Å²) in [5.41, 5.74) is 2.61. The first kappa shape index (κ1) is 11.9. The molecule has 0 spiro atoms. The maximum Gasteiger partial charge on any atom is 0.165 e. The van der Waals surface area contributed by atoms with Gasteiger partial charge in [-0.15, -0.1) is 0 Å². The van der Waals surface area contributed by atoms with Gasteiger partial charge in [-0.1, -0.05) is 23.7 Å². The Morgan fingerprint density at radius 1 is 1.22 bits per heavy atom. The standard InChI is InChI=1S/C12H8ClIN4/c13-11-10-12(16-6-15-11)18(7-17-10)5-8-2-1-3-9(14)4-8/h1-4,6-7H,5H2. The van der Waals surface area contributed by atoms with Gasteiger partial charge < -0.3 is 4.57 Å². The summed E-state index contributed by atoms with van der Waals surface area (Å²) in [6.07, 6.45) is 3.20. The van der Waals surface area contributed by atoms with Gasteiger partial charge in [-0.3, -0.25) is 0 Å². The van der Waals surface area contributed by atoms with Crippen molar-refractivity contribution in [2.45, 2.75) is 6.54 Å². The molecule has 0 aliphatic rings. The zero-order valence-corrected chi connectivity index (χ0v) is 12.1. The highest BCUT2D eigenvalue weighted by atomic mass is 127. The molecule has 90 valence electrons. The SMILES string of the molecule is Clc1ncnc2c1ncn2Cc1cccc(I)c1. The fraction of sp³-hybridized carbons (Fsp3) is 0.0833. The number of imidazole rings is 1. The maximum absolute atomic E-state index is 5.97. The summed E-state index contributed by atoms with van der Waals surface area (Å²) < 4.78 is 3.18. The number of benzene rings is 1. The van der Waals surface area contributed by atoms with E-state index in [9.17, 15) is 0 Å². The average Bonchev–Trinajstić information content (AvgIpc) is 2.74. The van der Waals surface area contributed by atoms with E-state index in [1.54, 1.807) is 6.33 Å². The fourth-order valence-corrected chi connectivity index (χ4v) is 2.58. The summed E-state index contributed by atoms with van der Waals surface area (Å²) in [4.78, 5) is 12.4. The number of hydrogen-bond acceptors (Lipinski definition) is 3. The molecule has 0 amide bonds. The van der Waals surface area contributed by atoms with E-state index in [2.05, 4.69) is 55.7 Å². The number of fused-ring (bicyclic) bond motifs is 1. The lowest BCUT2D eigenvalue weighted by molar-refractivity contribution is 0.812. The van der Waals surface area contributed by atoms with Crippen LogP contribution in [0.15, 0.2) is 36.9 Å². The number of halogens is 2. The Morgan fingerprint density at radius 3 is 2.94 bits per heavy atom. The quantitative estimate of drug-likeness (QED) is 0.514. The van der Waals surface area contributed by atoms with Crippen LogP contribution in [-0.2, 0) is 6.54 Å². The highest BCUT2D eigenvalue weighted by Gasteiger charge is 2.08. The molecule has 0 N–H and O–H groups in total. The Labute approximate surface area is 122 Å².